The van der Waals surface area contributed by atoms with E-state index in [4.69, 9.17) is 0 Å². The highest BCUT2D eigenvalue weighted by molar-refractivity contribution is 5.68. The summed E-state index contributed by atoms with van der Waals surface area (Å²) in [6.07, 6.45) is 2.27. The zero-order chi connectivity index (χ0) is 22.1. The van der Waals surface area contributed by atoms with E-state index in [1.807, 2.05) is 0 Å². The Kier molecular flexibility index (Phi) is 6.62. The van der Waals surface area contributed by atoms with Crippen LogP contribution in [0.5, 0.6) is 0 Å². The average molecular weight is 394 g/mol. The Morgan fingerprint density at radius 1 is 0.517 bits per heavy atom. The van der Waals surface area contributed by atoms with Crippen molar-refractivity contribution in [1.82, 2.24) is 0 Å². The van der Waals surface area contributed by atoms with Crippen molar-refractivity contribution in [2.24, 2.45) is 10.8 Å². The molecule has 29 heavy (non-hydrogen) atoms. The molecule has 0 aliphatic heterocycles. The summed E-state index contributed by atoms with van der Waals surface area (Å²) in [6, 6.07) is 17.7. The highest BCUT2D eigenvalue weighted by atomic mass is 14.9. The molecular weight excluding hydrogens is 350 g/mol. The molecule has 0 radical (unpaired) electrons. The fraction of sp³-hybridized carbons (Fsp3) is 0.571. The molecule has 0 unspecified atom stereocenters. The lowest BCUT2D eigenvalue weighted by atomic mass is 9.71. The van der Waals surface area contributed by atoms with Crippen molar-refractivity contribution < 1.29 is 0 Å². The third-order valence-corrected chi connectivity index (χ3v) is 5.53. The van der Waals surface area contributed by atoms with E-state index in [0.29, 0.717) is 0 Å². The van der Waals surface area contributed by atoms with E-state index in [2.05, 4.69) is 123 Å². The van der Waals surface area contributed by atoms with Gasteiger partial charge in [-0.3, -0.25) is 0 Å². The summed E-state index contributed by atoms with van der Waals surface area (Å²) in [5.41, 5.74) is 5.97. The highest BCUT2D eigenvalue weighted by Crippen LogP contribution is 2.43. The quantitative estimate of drug-likeness (QED) is 0.516. The molecule has 0 heterocycles. The standard InChI is InChI=1S/C28H43N/c1-25(2,3)19-27(7,8)21-15-11-13-17-23(21)29-24-18-14-12-16-22(24)28(9,10)20-26(4,5)6/h11-18,29H,19-20H2,1-10H3. The molecule has 0 atom stereocenters. The maximum atomic E-state index is 3.82. The van der Waals surface area contributed by atoms with Crippen LogP contribution in [0.15, 0.2) is 48.5 Å². The molecule has 1 heteroatoms. The zero-order valence-corrected chi connectivity index (χ0v) is 20.5. The van der Waals surface area contributed by atoms with E-state index >= 15 is 0 Å². The Bertz CT molecular complexity index is 743. The van der Waals surface area contributed by atoms with Crippen molar-refractivity contribution in [2.45, 2.75) is 92.9 Å². The first-order valence-corrected chi connectivity index (χ1v) is 11.1. The van der Waals surface area contributed by atoms with Crippen LogP contribution >= 0.6 is 0 Å². The largest absolute Gasteiger partial charge is 0.355 e. The lowest BCUT2D eigenvalue weighted by Crippen LogP contribution is -2.27. The molecule has 0 bridgehead atoms. The van der Waals surface area contributed by atoms with Gasteiger partial charge in [0.25, 0.3) is 0 Å². The van der Waals surface area contributed by atoms with Crippen LogP contribution in [0, 0.1) is 10.8 Å². The van der Waals surface area contributed by atoms with Gasteiger partial charge in [-0.1, -0.05) is 106 Å². The van der Waals surface area contributed by atoms with Gasteiger partial charge in [0.2, 0.25) is 0 Å². The van der Waals surface area contributed by atoms with E-state index in [9.17, 15) is 0 Å². The fourth-order valence-corrected chi connectivity index (χ4v) is 5.35. The first-order valence-electron chi connectivity index (χ1n) is 11.1. The normalized spacial score (nSPS) is 13.4. The van der Waals surface area contributed by atoms with Crippen LogP contribution in [-0.2, 0) is 10.8 Å². The molecule has 2 aromatic carbocycles. The lowest BCUT2D eigenvalue weighted by Gasteiger charge is -2.36. The van der Waals surface area contributed by atoms with Crippen LogP contribution in [0.25, 0.3) is 0 Å². The topological polar surface area (TPSA) is 12.0 Å². The van der Waals surface area contributed by atoms with Crippen LogP contribution in [0.4, 0.5) is 11.4 Å². The SMILES string of the molecule is CC(C)(C)CC(C)(C)c1ccccc1Nc1ccccc1C(C)(C)CC(C)(C)C. The summed E-state index contributed by atoms with van der Waals surface area (Å²) in [6.45, 7) is 23.4. The predicted octanol–water partition coefficient (Wildman–Crippen LogP) is 8.86. The minimum Gasteiger partial charge on any atom is -0.355 e. The van der Waals surface area contributed by atoms with Crippen molar-refractivity contribution in [2.75, 3.05) is 5.32 Å². The molecule has 1 nitrogen and oxygen atoms in total. The van der Waals surface area contributed by atoms with Crippen LogP contribution in [0.2, 0.25) is 0 Å². The highest BCUT2D eigenvalue weighted by Gasteiger charge is 2.31. The number of hydrogen-bond donors (Lipinski definition) is 1. The third-order valence-electron chi connectivity index (χ3n) is 5.53. The van der Waals surface area contributed by atoms with E-state index in [-0.39, 0.29) is 21.7 Å². The minimum absolute atomic E-state index is 0.0950. The third kappa shape index (κ3) is 6.63. The maximum Gasteiger partial charge on any atom is 0.0422 e. The van der Waals surface area contributed by atoms with E-state index in [1.54, 1.807) is 0 Å². The summed E-state index contributed by atoms with van der Waals surface area (Å²) < 4.78 is 0. The van der Waals surface area contributed by atoms with E-state index in [1.165, 1.54) is 22.5 Å². The van der Waals surface area contributed by atoms with E-state index < -0.39 is 0 Å². The second-order valence-electron chi connectivity index (χ2n) is 12.5. The van der Waals surface area contributed by atoms with Crippen molar-refractivity contribution >= 4 is 11.4 Å². The van der Waals surface area contributed by atoms with Crippen LogP contribution in [0.3, 0.4) is 0 Å². The van der Waals surface area contributed by atoms with Gasteiger partial charge >= 0.3 is 0 Å². The van der Waals surface area contributed by atoms with Gasteiger partial charge < -0.3 is 5.32 Å². The first kappa shape index (κ1) is 23.5. The number of benzene rings is 2. The summed E-state index contributed by atoms with van der Waals surface area (Å²) in [7, 11) is 0. The Morgan fingerprint density at radius 3 is 1.14 bits per heavy atom. The summed E-state index contributed by atoms with van der Waals surface area (Å²) in [5.74, 6) is 0. The van der Waals surface area contributed by atoms with Gasteiger partial charge in [0.15, 0.2) is 0 Å². The molecule has 0 fully saturated rings. The molecule has 0 saturated heterocycles. The molecule has 2 aromatic rings. The van der Waals surface area contributed by atoms with Crippen molar-refractivity contribution in [3.63, 3.8) is 0 Å². The van der Waals surface area contributed by atoms with E-state index in [0.717, 1.165) is 12.8 Å². The number of para-hydroxylation sites is 2. The second-order valence-corrected chi connectivity index (χ2v) is 12.5. The molecule has 0 spiro atoms. The van der Waals surface area contributed by atoms with Gasteiger partial charge in [0.05, 0.1) is 0 Å². The van der Waals surface area contributed by atoms with Gasteiger partial charge in [-0.25, -0.2) is 0 Å². The zero-order valence-electron chi connectivity index (χ0n) is 20.5. The van der Waals surface area contributed by atoms with Gasteiger partial charge in [0, 0.05) is 11.4 Å². The van der Waals surface area contributed by atoms with Crippen molar-refractivity contribution in [1.29, 1.82) is 0 Å². The molecule has 0 amide bonds. The van der Waals surface area contributed by atoms with Crippen molar-refractivity contribution in [3.8, 4) is 0 Å². The molecule has 0 aromatic heterocycles. The minimum atomic E-state index is 0.0950. The number of anilines is 2. The van der Waals surface area contributed by atoms with Crippen LogP contribution in [-0.4, -0.2) is 0 Å². The molecule has 0 saturated carbocycles. The van der Waals surface area contributed by atoms with Gasteiger partial charge in [0.1, 0.15) is 0 Å². The Morgan fingerprint density at radius 2 is 0.828 bits per heavy atom. The maximum absolute atomic E-state index is 3.82. The van der Waals surface area contributed by atoms with Crippen LogP contribution < -0.4 is 5.32 Å². The van der Waals surface area contributed by atoms with Gasteiger partial charge in [-0.05, 0) is 57.8 Å². The second kappa shape index (κ2) is 8.17. The Balaban J connectivity index is 2.45. The summed E-state index contributed by atoms with van der Waals surface area (Å²) >= 11 is 0. The summed E-state index contributed by atoms with van der Waals surface area (Å²) in [4.78, 5) is 0. The molecule has 160 valence electrons. The lowest BCUT2D eigenvalue weighted by molar-refractivity contribution is 0.284. The average Bonchev–Trinajstić information content (AvgIpc) is 2.51. The smallest absolute Gasteiger partial charge is 0.0422 e. The molecule has 2 rings (SSSR count). The number of nitrogens with one attached hydrogen (secondary N) is 1. The first-order chi connectivity index (χ1) is 13.1. The number of hydrogen-bond acceptors (Lipinski definition) is 1. The predicted molar refractivity (Wildman–Crippen MR) is 130 cm³/mol. The molecular formula is C28H43N. The Labute approximate surface area is 180 Å². The molecule has 1 N–H and O–H groups in total. The molecule has 0 aliphatic rings. The Hall–Kier alpha value is -1.76. The van der Waals surface area contributed by atoms with Gasteiger partial charge in [-0.15, -0.1) is 0 Å². The fourth-order valence-electron chi connectivity index (χ4n) is 5.35. The monoisotopic (exact) mass is 393 g/mol. The number of rotatable bonds is 6. The van der Waals surface area contributed by atoms with Crippen molar-refractivity contribution in [3.05, 3.63) is 59.7 Å². The van der Waals surface area contributed by atoms with Gasteiger partial charge in [-0.2, -0.15) is 0 Å². The van der Waals surface area contributed by atoms with Crippen LogP contribution in [0.1, 0.15) is 93.2 Å². The molecule has 0 aliphatic carbocycles. The summed E-state index contributed by atoms with van der Waals surface area (Å²) in [5, 5.41) is 3.82.